The van der Waals surface area contributed by atoms with Crippen LogP contribution in [0.3, 0.4) is 0 Å². The number of methoxy groups -OCH3 is 2. The fourth-order valence-electron chi connectivity index (χ4n) is 10.5. The maximum absolute atomic E-state index is 13.7. The van der Waals surface area contributed by atoms with Crippen molar-refractivity contribution in [2.75, 3.05) is 34.4 Å². The lowest BCUT2D eigenvalue weighted by atomic mass is 9.81. The van der Waals surface area contributed by atoms with Gasteiger partial charge in [0.05, 0.1) is 49.2 Å². The first-order valence-electron chi connectivity index (χ1n) is 22.3. The van der Waals surface area contributed by atoms with Gasteiger partial charge >= 0.3 is 12.2 Å². The highest BCUT2D eigenvalue weighted by molar-refractivity contribution is 5.88. The average molecular weight is 856 g/mol. The van der Waals surface area contributed by atoms with Crippen LogP contribution >= 0.6 is 0 Å². The third-order valence-corrected chi connectivity index (χ3v) is 13.8. The van der Waals surface area contributed by atoms with Crippen molar-refractivity contribution in [2.24, 2.45) is 5.92 Å². The second-order valence-electron chi connectivity index (χ2n) is 17.8. The fraction of sp³-hybridized carbons (Fsp3) is 0.458. The number of carbonyl (C=O) groups is 4. The van der Waals surface area contributed by atoms with Gasteiger partial charge in [-0.15, -0.1) is 0 Å². The van der Waals surface area contributed by atoms with Crippen molar-refractivity contribution in [3.8, 4) is 33.5 Å². The summed E-state index contributed by atoms with van der Waals surface area (Å²) in [5.41, 5.74) is 11.2. The number of hydrogen-bond donors (Lipinski definition) is 4. The zero-order valence-corrected chi connectivity index (χ0v) is 36.9. The minimum atomic E-state index is -0.716. The first kappa shape index (κ1) is 42.1. The van der Waals surface area contributed by atoms with E-state index in [4.69, 9.17) is 19.4 Å². The van der Waals surface area contributed by atoms with E-state index in [9.17, 15) is 19.2 Å². The van der Waals surface area contributed by atoms with Crippen LogP contribution in [0, 0.1) is 5.92 Å². The van der Waals surface area contributed by atoms with E-state index in [1.807, 2.05) is 29.8 Å². The molecule has 3 saturated heterocycles. The van der Waals surface area contributed by atoms with Crippen molar-refractivity contribution in [2.45, 2.75) is 102 Å². The number of amides is 4. The van der Waals surface area contributed by atoms with Crippen molar-refractivity contribution in [1.82, 2.24) is 45.3 Å². The van der Waals surface area contributed by atoms with Crippen LogP contribution in [0.1, 0.15) is 113 Å². The van der Waals surface area contributed by atoms with E-state index in [0.29, 0.717) is 25.2 Å². The Morgan fingerprint density at radius 3 is 1.98 bits per heavy atom. The summed E-state index contributed by atoms with van der Waals surface area (Å²) in [6.07, 6.45) is 7.13. The SMILES string of the molecule is COC(=O)N[C@@H](C)C(=O)N1CCCC[C@H]1c1nc2ccc(-c3ccc(-c4ccc(-c5cnc([C@@H]6CCCN6C(=O)[C@@H](NC(=O)OC)C(C)C)[nH]5)cc4)c4c3C3CCC4N3C)cc2[nH]1. The number of aromatic nitrogens is 4. The molecule has 0 saturated carbocycles. The molecule has 330 valence electrons. The summed E-state index contributed by atoms with van der Waals surface area (Å²) in [7, 11) is 4.84. The Labute approximate surface area is 367 Å². The summed E-state index contributed by atoms with van der Waals surface area (Å²) in [6.45, 7) is 6.71. The van der Waals surface area contributed by atoms with Crippen LogP contribution in [0.25, 0.3) is 44.5 Å². The van der Waals surface area contributed by atoms with Gasteiger partial charge in [0.15, 0.2) is 0 Å². The van der Waals surface area contributed by atoms with Crippen LogP contribution < -0.4 is 10.6 Å². The summed E-state index contributed by atoms with van der Waals surface area (Å²) in [6, 6.07) is 18.5. The Morgan fingerprint density at radius 2 is 1.29 bits per heavy atom. The predicted molar refractivity (Wildman–Crippen MR) is 238 cm³/mol. The summed E-state index contributed by atoms with van der Waals surface area (Å²) < 4.78 is 9.53. The second kappa shape index (κ2) is 17.2. The van der Waals surface area contributed by atoms with E-state index in [1.165, 1.54) is 36.5 Å². The Bertz CT molecular complexity index is 2550. The lowest BCUT2D eigenvalue weighted by Crippen LogP contribution is -2.51. The molecule has 15 nitrogen and oxygen atoms in total. The predicted octanol–water partition coefficient (Wildman–Crippen LogP) is 7.95. The number of benzene rings is 3. The van der Waals surface area contributed by atoms with Crippen molar-refractivity contribution in [3.63, 3.8) is 0 Å². The number of ether oxygens (including phenoxy) is 2. The van der Waals surface area contributed by atoms with Crippen LogP contribution in [-0.2, 0) is 19.1 Å². The number of nitrogens with one attached hydrogen (secondary N) is 4. The van der Waals surface area contributed by atoms with E-state index in [-0.39, 0.29) is 29.8 Å². The molecule has 2 bridgehead atoms. The monoisotopic (exact) mass is 855 g/mol. The van der Waals surface area contributed by atoms with Gasteiger partial charge in [0, 0.05) is 25.2 Å². The lowest BCUT2D eigenvalue weighted by molar-refractivity contribution is -0.137. The van der Waals surface area contributed by atoms with E-state index >= 15 is 0 Å². The number of H-pyrrole nitrogens is 2. The molecule has 9 rings (SSSR count). The molecule has 2 aromatic heterocycles. The van der Waals surface area contributed by atoms with E-state index in [0.717, 1.165) is 90.0 Å². The first-order valence-corrected chi connectivity index (χ1v) is 22.3. The number of likely N-dealkylation sites (tertiary alicyclic amines) is 2. The van der Waals surface area contributed by atoms with Gasteiger partial charge in [0.2, 0.25) is 11.8 Å². The smallest absolute Gasteiger partial charge is 0.407 e. The van der Waals surface area contributed by atoms with Crippen molar-refractivity contribution < 1.29 is 28.7 Å². The largest absolute Gasteiger partial charge is 0.453 e. The van der Waals surface area contributed by atoms with Gasteiger partial charge in [-0.2, -0.15) is 0 Å². The minimum absolute atomic E-state index is 0.106. The van der Waals surface area contributed by atoms with E-state index in [2.05, 4.69) is 87.1 Å². The molecule has 4 aliphatic rings. The number of rotatable bonds is 10. The van der Waals surface area contributed by atoms with Crippen LogP contribution in [0.15, 0.2) is 60.8 Å². The number of carbonyl (C=O) groups excluding carboxylic acids is 4. The van der Waals surface area contributed by atoms with Crippen LogP contribution in [0.4, 0.5) is 9.59 Å². The molecule has 3 aromatic carbocycles. The van der Waals surface area contributed by atoms with Crippen LogP contribution in [-0.4, -0.2) is 105 Å². The molecular formula is C48H57N9O6. The molecule has 2 unspecified atom stereocenters. The minimum Gasteiger partial charge on any atom is -0.453 e. The molecule has 6 atom stereocenters. The number of piperidine rings is 1. The highest BCUT2D eigenvalue weighted by Crippen LogP contribution is 2.57. The van der Waals surface area contributed by atoms with Gasteiger partial charge in [0.1, 0.15) is 23.7 Å². The van der Waals surface area contributed by atoms with E-state index < -0.39 is 24.3 Å². The number of fused-ring (bicyclic) bond motifs is 6. The molecule has 4 aliphatic heterocycles. The van der Waals surface area contributed by atoms with Gasteiger partial charge < -0.3 is 39.9 Å². The highest BCUT2D eigenvalue weighted by Gasteiger charge is 2.45. The zero-order valence-electron chi connectivity index (χ0n) is 36.9. The maximum atomic E-state index is 13.7. The lowest BCUT2D eigenvalue weighted by Gasteiger charge is -2.36. The highest BCUT2D eigenvalue weighted by atomic mass is 16.5. The number of nitrogens with zero attached hydrogens (tertiary/aromatic N) is 5. The van der Waals surface area contributed by atoms with Gasteiger partial charge in [-0.05, 0) is 116 Å². The third kappa shape index (κ3) is 7.70. The van der Waals surface area contributed by atoms with Crippen molar-refractivity contribution in [1.29, 1.82) is 0 Å². The number of imidazole rings is 2. The standard InChI is InChI=1S/C48H57N9O6/c1-26(2)42(54-48(61)63-6)46(59)57-23-9-11-38(57)43-49-25-35(53-43)29-14-12-28(13-15-29)31-17-18-32(41-37-21-20-36(40(31)41)55(37)4)30-16-19-33-34(24-30)52-44(51-33)39-10-7-8-22-56(39)45(58)27(3)50-47(60)62-5/h12-19,24-27,36-39,42H,7-11,20-23H2,1-6H3,(H,49,53)(H,50,60)(H,51,52)(H,54,61)/t27-,36?,37?,38-,39-,42-/m0/s1. The quantitative estimate of drug-likeness (QED) is 0.109. The molecule has 63 heavy (non-hydrogen) atoms. The van der Waals surface area contributed by atoms with Crippen molar-refractivity contribution >= 4 is 35.0 Å². The summed E-state index contributed by atoms with van der Waals surface area (Å²) in [4.78, 5) is 74.2. The van der Waals surface area contributed by atoms with Crippen LogP contribution in [0.2, 0.25) is 0 Å². The van der Waals surface area contributed by atoms with Crippen molar-refractivity contribution in [3.05, 3.63) is 83.6 Å². The zero-order chi connectivity index (χ0) is 44.1. The summed E-state index contributed by atoms with van der Waals surface area (Å²) >= 11 is 0. The number of alkyl carbamates (subject to hydrolysis) is 2. The average Bonchev–Trinajstić information content (AvgIpc) is 4.16. The Balaban J connectivity index is 0.965. The van der Waals surface area contributed by atoms with Crippen LogP contribution in [0.5, 0.6) is 0 Å². The summed E-state index contributed by atoms with van der Waals surface area (Å²) in [5.74, 6) is 1.11. The molecule has 4 N–H and O–H groups in total. The van der Waals surface area contributed by atoms with Gasteiger partial charge in [-0.1, -0.05) is 56.3 Å². The molecule has 3 fully saturated rings. The molecule has 15 heteroatoms. The van der Waals surface area contributed by atoms with Gasteiger partial charge in [-0.3, -0.25) is 14.5 Å². The second-order valence-corrected chi connectivity index (χ2v) is 17.8. The topological polar surface area (TPSA) is 178 Å². The Kier molecular flexibility index (Phi) is 11.5. The van der Waals surface area contributed by atoms with E-state index in [1.54, 1.807) is 6.92 Å². The first-order chi connectivity index (χ1) is 30.4. The molecular weight excluding hydrogens is 799 g/mol. The Morgan fingerprint density at radius 1 is 0.683 bits per heavy atom. The third-order valence-electron chi connectivity index (χ3n) is 13.8. The van der Waals surface area contributed by atoms with Gasteiger partial charge in [0.25, 0.3) is 0 Å². The Hall–Kier alpha value is -6.22. The maximum Gasteiger partial charge on any atom is 0.407 e. The number of hydrogen-bond acceptors (Lipinski definition) is 9. The molecule has 0 aliphatic carbocycles. The van der Waals surface area contributed by atoms with Gasteiger partial charge in [-0.25, -0.2) is 19.6 Å². The molecule has 4 amide bonds. The summed E-state index contributed by atoms with van der Waals surface area (Å²) in [5, 5.41) is 5.34. The molecule has 6 heterocycles. The molecule has 0 radical (unpaired) electrons. The normalized spacial score (nSPS) is 21.7. The molecule has 5 aromatic rings. The number of aromatic amines is 2. The molecule has 0 spiro atoms. The fourth-order valence-corrected chi connectivity index (χ4v) is 10.5.